The van der Waals surface area contributed by atoms with Crippen LogP contribution in [0.2, 0.25) is 0 Å². The van der Waals surface area contributed by atoms with E-state index in [0.29, 0.717) is 11.3 Å². The fraction of sp³-hybridized carbons (Fsp3) is 0.136. The Labute approximate surface area is 160 Å². The Hall–Kier alpha value is -3.41. The summed E-state index contributed by atoms with van der Waals surface area (Å²) in [5.74, 6) is -0.164. The van der Waals surface area contributed by atoms with Crippen LogP contribution in [0.15, 0.2) is 60.7 Å². The van der Waals surface area contributed by atoms with Gasteiger partial charge in [0.25, 0.3) is 5.91 Å². The number of hydrogen-bond donors (Lipinski definition) is 1. The number of carbonyl (C=O) groups excluding carboxylic acids is 1. The molecule has 0 unspecified atom stereocenters. The van der Waals surface area contributed by atoms with Gasteiger partial charge in [-0.25, -0.2) is 0 Å². The van der Waals surface area contributed by atoms with Gasteiger partial charge in [0.05, 0.1) is 0 Å². The molecule has 0 radical (unpaired) electrons. The van der Waals surface area contributed by atoms with Gasteiger partial charge >= 0.3 is 6.29 Å². The Balaban J connectivity index is 1.56. The monoisotopic (exact) mass is 381 g/mol. The molecular formula is C22H17F2NO3. The zero-order chi connectivity index (χ0) is 19.9. The van der Waals surface area contributed by atoms with E-state index in [1.807, 2.05) is 44.2 Å². The molecule has 4 rings (SSSR count). The highest BCUT2D eigenvalue weighted by Crippen LogP contribution is 2.44. The third-order valence-corrected chi connectivity index (χ3v) is 4.59. The maximum absolute atomic E-state index is 13.3. The van der Waals surface area contributed by atoms with Crippen molar-refractivity contribution in [1.82, 2.24) is 0 Å². The number of rotatable bonds is 3. The molecular weight excluding hydrogens is 364 g/mol. The van der Waals surface area contributed by atoms with Crippen LogP contribution in [0.25, 0.3) is 11.1 Å². The molecule has 0 atom stereocenters. The number of amides is 1. The highest BCUT2D eigenvalue weighted by atomic mass is 19.3. The van der Waals surface area contributed by atoms with E-state index in [4.69, 9.17) is 0 Å². The Morgan fingerprint density at radius 1 is 0.893 bits per heavy atom. The molecule has 3 aromatic rings. The summed E-state index contributed by atoms with van der Waals surface area (Å²) in [6, 6.07) is 17.6. The Bertz CT molecular complexity index is 1060. The maximum Gasteiger partial charge on any atom is 0.586 e. The summed E-state index contributed by atoms with van der Waals surface area (Å²) in [6.07, 6.45) is -3.64. The van der Waals surface area contributed by atoms with Gasteiger partial charge in [0.1, 0.15) is 0 Å². The van der Waals surface area contributed by atoms with Crippen LogP contribution in [0.3, 0.4) is 0 Å². The molecule has 4 nitrogen and oxygen atoms in total. The van der Waals surface area contributed by atoms with Crippen molar-refractivity contribution in [2.24, 2.45) is 0 Å². The van der Waals surface area contributed by atoms with Crippen molar-refractivity contribution in [1.29, 1.82) is 0 Å². The maximum atomic E-state index is 13.3. The molecule has 6 heteroatoms. The number of anilines is 1. The molecule has 1 aliphatic heterocycles. The van der Waals surface area contributed by atoms with E-state index in [0.717, 1.165) is 22.3 Å². The quantitative estimate of drug-likeness (QED) is 0.648. The summed E-state index contributed by atoms with van der Waals surface area (Å²) >= 11 is 0. The predicted octanol–water partition coefficient (Wildman–Crippen LogP) is 5.54. The summed E-state index contributed by atoms with van der Waals surface area (Å²) in [5.41, 5.74) is 4.48. The first-order chi connectivity index (χ1) is 13.3. The number of nitrogens with one attached hydrogen (secondary N) is 1. The van der Waals surface area contributed by atoms with Gasteiger partial charge in [-0.2, -0.15) is 0 Å². The van der Waals surface area contributed by atoms with Gasteiger partial charge < -0.3 is 14.8 Å². The highest BCUT2D eigenvalue weighted by molar-refractivity contribution is 6.05. The van der Waals surface area contributed by atoms with Gasteiger partial charge in [-0.05, 0) is 66.4 Å². The molecule has 3 aromatic carbocycles. The first kappa shape index (κ1) is 18.0. The Morgan fingerprint density at radius 2 is 1.54 bits per heavy atom. The molecule has 1 N–H and O–H groups in total. The van der Waals surface area contributed by atoms with Crippen molar-refractivity contribution in [3.63, 3.8) is 0 Å². The fourth-order valence-corrected chi connectivity index (χ4v) is 3.17. The lowest BCUT2D eigenvalue weighted by Gasteiger charge is -2.10. The number of aryl methyl sites for hydroxylation is 2. The van der Waals surface area contributed by atoms with Crippen LogP contribution in [-0.2, 0) is 0 Å². The van der Waals surface area contributed by atoms with E-state index >= 15 is 0 Å². The lowest BCUT2D eigenvalue weighted by Crippen LogP contribution is -2.25. The van der Waals surface area contributed by atoms with E-state index in [1.54, 1.807) is 18.2 Å². The number of alkyl halides is 2. The highest BCUT2D eigenvalue weighted by Gasteiger charge is 2.43. The van der Waals surface area contributed by atoms with E-state index in [-0.39, 0.29) is 17.4 Å². The van der Waals surface area contributed by atoms with Gasteiger partial charge in [-0.15, -0.1) is 8.78 Å². The molecule has 0 aromatic heterocycles. The van der Waals surface area contributed by atoms with E-state index in [1.165, 1.54) is 12.1 Å². The van der Waals surface area contributed by atoms with Gasteiger partial charge in [0, 0.05) is 11.3 Å². The zero-order valence-electron chi connectivity index (χ0n) is 15.3. The molecule has 28 heavy (non-hydrogen) atoms. The minimum atomic E-state index is -3.64. The van der Waals surface area contributed by atoms with Gasteiger partial charge in [-0.1, -0.05) is 30.3 Å². The average Bonchev–Trinajstić information content (AvgIpc) is 2.95. The van der Waals surface area contributed by atoms with Crippen LogP contribution < -0.4 is 14.8 Å². The van der Waals surface area contributed by atoms with E-state index in [2.05, 4.69) is 14.8 Å². The number of hydrogen-bond acceptors (Lipinski definition) is 3. The second kappa shape index (κ2) is 6.64. The van der Waals surface area contributed by atoms with Gasteiger partial charge in [-0.3, -0.25) is 4.79 Å². The third kappa shape index (κ3) is 3.41. The summed E-state index contributed by atoms with van der Waals surface area (Å²) in [4.78, 5) is 12.4. The van der Waals surface area contributed by atoms with Crippen LogP contribution in [0.4, 0.5) is 14.5 Å². The van der Waals surface area contributed by atoms with Crippen LogP contribution in [0, 0.1) is 13.8 Å². The minimum absolute atomic E-state index is 0.00234. The van der Waals surface area contributed by atoms with Gasteiger partial charge in [0.2, 0.25) is 0 Å². The molecule has 1 amide bonds. The minimum Gasteiger partial charge on any atom is -0.395 e. The molecule has 0 saturated carbocycles. The number of fused-ring (bicyclic) bond motifs is 1. The third-order valence-electron chi connectivity index (χ3n) is 4.59. The fourth-order valence-electron chi connectivity index (χ4n) is 3.17. The molecule has 0 spiro atoms. The van der Waals surface area contributed by atoms with Crippen molar-refractivity contribution in [2.75, 3.05) is 5.32 Å². The lowest BCUT2D eigenvalue weighted by atomic mass is 9.99. The number of halogens is 2. The second-order valence-corrected chi connectivity index (χ2v) is 6.63. The first-order valence-electron chi connectivity index (χ1n) is 8.70. The Morgan fingerprint density at radius 3 is 2.21 bits per heavy atom. The van der Waals surface area contributed by atoms with Crippen LogP contribution >= 0.6 is 0 Å². The number of carbonyl (C=O) groups is 1. The smallest absolute Gasteiger partial charge is 0.395 e. The predicted molar refractivity (Wildman–Crippen MR) is 102 cm³/mol. The van der Waals surface area contributed by atoms with Crippen molar-refractivity contribution >= 4 is 11.6 Å². The van der Waals surface area contributed by atoms with E-state index < -0.39 is 6.29 Å². The summed E-state index contributed by atoms with van der Waals surface area (Å²) in [6.45, 7) is 3.69. The second-order valence-electron chi connectivity index (χ2n) is 6.63. The number of benzene rings is 3. The SMILES string of the molecule is Cc1ccccc1C(=O)Nc1ccc(-c2cc3c(cc2C)OC(F)(F)O3)cc1. The zero-order valence-corrected chi connectivity index (χ0v) is 15.3. The van der Waals surface area contributed by atoms with Crippen LogP contribution in [0.5, 0.6) is 11.5 Å². The van der Waals surface area contributed by atoms with Gasteiger partial charge in [0.15, 0.2) is 11.5 Å². The standard InChI is InChI=1S/C22H17F2NO3/c1-13-5-3-4-6-17(13)21(26)25-16-9-7-15(8-10-16)18-12-20-19(11-14(18)2)27-22(23,24)28-20/h3-12H,1-2H3,(H,25,26). The van der Waals surface area contributed by atoms with Crippen LogP contribution in [-0.4, -0.2) is 12.2 Å². The summed E-state index contributed by atoms with van der Waals surface area (Å²) in [7, 11) is 0. The molecule has 0 fully saturated rings. The largest absolute Gasteiger partial charge is 0.586 e. The van der Waals surface area contributed by atoms with Crippen molar-refractivity contribution < 1.29 is 23.0 Å². The van der Waals surface area contributed by atoms with E-state index in [9.17, 15) is 13.6 Å². The average molecular weight is 381 g/mol. The molecule has 0 bridgehead atoms. The Kier molecular flexibility index (Phi) is 4.26. The number of ether oxygens (including phenoxy) is 2. The van der Waals surface area contributed by atoms with Crippen molar-refractivity contribution in [3.8, 4) is 22.6 Å². The molecule has 1 heterocycles. The summed E-state index contributed by atoms with van der Waals surface area (Å²) in [5, 5.41) is 2.86. The van der Waals surface area contributed by atoms with Crippen molar-refractivity contribution in [2.45, 2.75) is 20.1 Å². The summed E-state index contributed by atoms with van der Waals surface area (Å²) < 4.78 is 35.5. The molecule has 1 aliphatic rings. The first-order valence-corrected chi connectivity index (χ1v) is 8.70. The molecule has 0 saturated heterocycles. The molecule has 0 aliphatic carbocycles. The topological polar surface area (TPSA) is 47.6 Å². The molecule has 142 valence electrons. The lowest BCUT2D eigenvalue weighted by molar-refractivity contribution is -0.286. The normalized spacial score (nSPS) is 14.0. The van der Waals surface area contributed by atoms with Crippen molar-refractivity contribution in [3.05, 3.63) is 77.4 Å². The van der Waals surface area contributed by atoms with Crippen LogP contribution in [0.1, 0.15) is 21.5 Å².